The summed E-state index contributed by atoms with van der Waals surface area (Å²) in [7, 11) is 0. The SMILES string of the molecule is Cc1noc([C@@H]2CCCNC2)n1.O=C(O)C(O)C(O)C(=O)O. The van der Waals surface area contributed by atoms with Crippen molar-refractivity contribution < 1.29 is 34.5 Å². The lowest BCUT2D eigenvalue weighted by Gasteiger charge is -2.18. The maximum Gasteiger partial charge on any atom is 0.335 e. The summed E-state index contributed by atoms with van der Waals surface area (Å²) in [4.78, 5) is 23.8. The van der Waals surface area contributed by atoms with E-state index in [4.69, 9.17) is 24.9 Å². The van der Waals surface area contributed by atoms with Crippen molar-refractivity contribution in [3.63, 3.8) is 0 Å². The molecule has 0 spiro atoms. The van der Waals surface area contributed by atoms with E-state index >= 15 is 0 Å². The molecule has 0 bridgehead atoms. The second kappa shape index (κ2) is 8.41. The number of aliphatic carboxylic acids is 2. The molecule has 1 fully saturated rings. The van der Waals surface area contributed by atoms with Gasteiger partial charge in [-0.1, -0.05) is 5.16 Å². The number of hydrogen-bond acceptors (Lipinski definition) is 8. The van der Waals surface area contributed by atoms with E-state index < -0.39 is 24.1 Å². The number of hydrogen-bond donors (Lipinski definition) is 5. The molecule has 3 atom stereocenters. The van der Waals surface area contributed by atoms with Crippen LogP contribution in [0.25, 0.3) is 0 Å². The van der Waals surface area contributed by atoms with Crippen LogP contribution in [-0.2, 0) is 9.59 Å². The van der Waals surface area contributed by atoms with E-state index in [0.29, 0.717) is 5.92 Å². The molecule has 1 aromatic heterocycles. The summed E-state index contributed by atoms with van der Waals surface area (Å²) in [6, 6.07) is 0. The van der Waals surface area contributed by atoms with Gasteiger partial charge < -0.3 is 30.3 Å². The van der Waals surface area contributed by atoms with Crippen molar-refractivity contribution in [1.29, 1.82) is 0 Å². The van der Waals surface area contributed by atoms with Crippen molar-refractivity contribution in [3.8, 4) is 0 Å². The van der Waals surface area contributed by atoms with E-state index in [1.807, 2.05) is 6.92 Å². The molecule has 5 N–H and O–H groups in total. The number of aryl methyl sites for hydroxylation is 1. The number of aromatic nitrogens is 2. The third kappa shape index (κ3) is 5.39. The predicted octanol–water partition coefficient (Wildman–Crippen LogP) is -1.28. The lowest BCUT2D eigenvalue weighted by atomic mass is 10.00. The van der Waals surface area contributed by atoms with Crippen LogP contribution in [0.2, 0.25) is 0 Å². The fourth-order valence-electron chi connectivity index (χ4n) is 1.81. The molecule has 2 heterocycles. The summed E-state index contributed by atoms with van der Waals surface area (Å²) < 4.78 is 5.10. The molecule has 1 aromatic rings. The Kier molecular flexibility index (Phi) is 6.89. The van der Waals surface area contributed by atoms with E-state index in [2.05, 4.69) is 15.5 Å². The van der Waals surface area contributed by atoms with E-state index in [1.54, 1.807) is 0 Å². The topological polar surface area (TPSA) is 166 Å². The first kappa shape index (κ1) is 18.0. The van der Waals surface area contributed by atoms with Gasteiger partial charge >= 0.3 is 11.9 Å². The largest absolute Gasteiger partial charge is 0.479 e. The standard InChI is InChI=1S/C8H13N3O.C4H6O6/c1-6-10-8(12-11-6)7-3-2-4-9-5-7;5-1(3(7)8)2(6)4(9)10/h7,9H,2-5H2,1H3;1-2,5-6H,(H,7,8)(H,9,10)/t7-;/m1./s1. The Morgan fingerprint density at radius 1 is 1.27 bits per heavy atom. The number of rotatable bonds is 4. The molecule has 1 aliphatic rings. The molecule has 0 aromatic carbocycles. The summed E-state index contributed by atoms with van der Waals surface area (Å²) in [5, 5.41) is 39.6. The van der Waals surface area contributed by atoms with E-state index in [-0.39, 0.29) is 0 Å². The number of carboxylic acid groups (broad SMARTS) is 2. The molecule has 10 nitrogen and oxygen atoms in total. The summed E-state index contributed by atoms with van der Waals surface area (Å²) in [6.07, 6.45) is -2.17. The maximum absolute atomic E-state index is 9.77. The summed E-state index contributed by atoms with van der Waals surface area (Å²) in [5.41, 5.74) is 0. The smallest absolute Gasteiger partial charge is 0.335 e. The molecule has 0 saturated carbocycles. The molecule has 0 radical (unpaired) electrons. The molecular weight excluding hydrogens is 298 g/mol. The fourth-order valence-corrected chi connectivity index (χ4v) is 1.81. The van der Waals surface area contributed by atoms with Crippen LogP contribution in [0.4, 0.5) is 0 Å². The second-order valence-electron chi connectivity index (χ2n) is 4.79. The van der Waals surface area contributed by atoms with Crippen LogP contribution >= 0.6 is 0 Å². The number of nitrogens with one attached hydrogen (secondary N) is 1. The van der Waals surface area contributed by atoms with Crippen molar-refractivity contribution >= 4 is 11.9 Å². The zero-order valence-corrected chi connectivity index (χ0v) is 12.0. The van der Waals surface area contributed by atoms with Gasteiger partial charge in [0.25, 0.3) is 0 Å². The molecular formula is C12H19N3O7. The average Bonchev–Trinajstić information content (AvgIpc) is 2.93. The molecule has 124 valence electrons. The Hall–Kier alpha value is -2.04. The van der Waals surface area contributed by atoms with Crippen molar-refractivity contribution in [3.05, 3.63) is 11.7 Å². The van der Waals surface area contributed by atoms with Gasteiger partial charge in [0.1, 0.15) is 0 Å². The fraction of sp³-hybridized carbons (Fsp3) is 0.667. The third-order valence-electron chi connectivity index (χ3n) is 2.99. The minimum atomic E-state index is -2.27. The molecule has 0 amide bonds. The molecule has 10 heteroatoms. The van der Waals surface area contributed by atoms with Crippen molar-refractivity contribution in [2.75, 3.05) is 13.1 Å². The maximum atomic E-state index is 9.77. The zero-order chi connectivity index (χ0) is 16.7. The summed E-state index contributed by atoms with van der Waals surface area (Å²) in [6.45, 7) is 3.94. The highest BCUT2D eigenvalue weighted by molar-refractivity contribution is 5.83. The summed E-state index contributed by atoms with van der Waals surface area (Å²) in [5.74, 6) is -1.58. The highest BCUT2D eigenvalue weighted by atomic mass is 16.5. The Morgan fingerprint density at radius 2 is 1.86 bits per heavy atom. The van der Waals surface area contributed by atoms with Crippen molar-refractivity contribution in [2.24, 2.45) is 0 Å². The Labute approximate surface area is 125 Å². The number of aliphatic hydroxyl groups is 2. The second-order valence-corrected chi connectivity index (χ2v) is 4.79. The van der Waals surface area contributed by atoms with E-state index in [0.717, 1.165) is 31.2 Å². The van der Waals surface area contributed by atoms with Gasteiger partial charge in [0.15, 0.2) is 18.0 Å². The first-order valence-electron chi connectivity index (χ1n) is 6.65. The van der Waals surface area contributed by atoms with Gasteiger partial charge in [-0.2, -0.15) is 4.98 Å². The van der Waals surface area contributed by atoms with Crippen LogP contribution in [0.3, 0.4) is 0 Å². The number of carbonyl (C=O) groups is 2. The molecule has 2 unspecified atom stereocenters. The molecule has 1 aliphatic heterocycles. The summed E-state index contributed by atoms with van der Waals surface area (Å²) >= 11 is 0. The van der Waals surface area contributed by atoms with Crippen molar-refractivity contribution in [2.45, 2.75) is 37.9 Å². The van der Waals surface area contributed by atoms with Crippen LogP contribution in [0.1, 0.15) is 30.5 Å². The van der Waals surface area contributed by atoms with Gasteiger partial charge in [0, 0.05) is 6.54 Å². The van der Waals surface area contributed by atoms with Gasteiger partial charge in [0.2, 0.25) is 5.89 Å². The van der Waals surface area contributed by atoms with Gasteiger partial charge in [0.05, 0.1) is 5.92 Å². The van der Waals surface area contributed by atoms with Gasteiger partial charge in [-0.15, -0.1) is 0 Å². The Bertz CT molecular complexity index is 481. The van der Waals surface area contributed by atoms with E-state index in [9.17, 15) is 9.59 Å². The first-order valence-corrected chi connectivity index (χ1v) is 6.65. The van der Waals surface area contributed by atoms with E-state index in [1.165, 1.54) is 6.42 Å². The van der Waals surface area contributed by atoms with Crippen LogP contribution in [0.15, 0.2) is 4.52 Å². The molecule has 0 aliphatic carbocycles. The molecule has 2 rings (SSSR count). The lowest BCUT2D eigenvalue weighted by Crippen LogP contribution is -2.39. The van der Waals surface area contributed by atoms with Crippen LogP contribution < -0.4 is 5.32 Å². The van der Waals surface area contributed by atoms with Gasteiger partial charge in [-0.05, 0) is 26.3 Å². The predicted molar refractivity (Wildman–Crippen MR) is 71.2 cm³/mol. The number of carboxylic acids is 2. The lowest BCUT2D eigenvalue weighted by molar-refractivity contribution is -0.165. The minimum Gasteiger partial charge on any atom is -0.479 e. The number of aliphatic hydroxyl groups excluding tert-OH is 2. The van der Waals surface area contributed by atoms with Crippen LogP contribution in [0, 0.1) is 6.92 Å². The Morgan fingerprint density at radius 3 is 2.23 bits per heavy atom. The number of piperidine rings is 1. The number of nitrogens with zero attached hydrogens (tertiary/aromatic N) is 2. The van der Waals surface area contributed by atoms with Crippen molar-refractivity contribution in [1.82, 2.24) is 15.5 Å². The first-order chi connectivity index (χ1) is 10.3. The molecule has 1 saturated heterocycles. The third-order valence-corrected chi connectivity index (χ3v) is 2.99. The normalized spacial score (nSPS) is 20.4. The van der Waals surface area contributed by atoms with Gasteiger partial charge in [-0.25, -0.2) is 9.59 Å². The zero-order valence-electron chi connectivity index (χ0n) is 12.0. The Balaban J connectivity index is 0.000000225. The van der Waals surface area contributed by atoms with Gasteiger partial charge in [-0.3, -0.25) is 0 Å². The minimum absolute atomic E-state index is 0.431. The highest BCUT2D eigenvalue weighted by Crippen LogP contribution is 2.20. The van der Waals surface area contributed by atoms with Crippen LogP contribution in [0.5, 0.6) is 0 Å². The highest BCUT2D eigenvalue weighted by Gasteiger charge is 2.29. The molecule has 22 heavy (non-hydrogen) atoms. The average molecular weight is 317 g/mol. The quantitative estimate of drug-likeness (QED) is 0.451. The van der Waals surface area contributed by atoms with Crippen LogP contribution in [-0.4, -0.2) is 67.8 Å². The monoisotopic (exact) mass is 317 g/mol.